The Morgan fingerprint density at radius 1 is 1.23 bits per heavy atom. The summed E-state index contributed by atoms with van der Waals surface area (Å²) in [5, 5.41) is 9.05. The highest BCUT2D eigenvalue weighted by Crippen LogP contribution is 2.22. The smallest absolute Gasteiger partial charge is 0.134 e. The molecule has 5 heteroatoms. The Balaban J connectivity index is 3.20. The van der Waals surface area contributed by atoms with E-state index in [2.05, 4.69) is 0 Å². The second kappa shape index (κ2) is 3.98. The second-order valence-electron chi connectivity index (χ2n) is 2.45. The number of halogens is 4. The van der Waals surface area contributed by atoms with Crippen molar-refractivity contribution in [3.63, 3.8) is 0 Å². The van der Waals surface area contributed by atoms with Gasteiger partial charge in [-0.25, -0.2) is 13.2 Å². The van der Waals surface area contributed by atoms with Crippen molar-refractivity contribution in [2.45, 2.75) is 6.10 Å². The van der Waals surface area contributed by atoms with Crippen LogP contribution in [0.5, 0.6) is 0 Å². The zero-order valence-electron chi connectivity index (χ0n) is 6.40. The third-order valence-corrected chi connectivity index (χ3v) is 1.82. The van der Waals surface area contributed by atoms with Crippen molar-refractivity contribution in [2.24, 2.45) is 0 Å². The van der Waals surface area contributed by atoms with Gasteiger partial charge >= 0.3 is 0 Å². The summed E-state index contributed by atoms with van der Waals surface area (Å²) in [5.74, 6) is -3.64. The van der Waals surface area contributed by atoms with E-state index in [1.54, 1.807) is 0 Å². The maximum atomic E-state index is 12.9. The molecule has 0 aliphatic carbocycles. The quantitative estimate of drug-likeness (QED) is 0.743. The first-order chi connectivity index (χ1) is 6.06. The molecule has 1 aromatic rings. The summed E-state index contributed by atoms with van der Waals surface area (Å²) >= 11 is 5.19. The average Bonchev–Trinajstić information content (AvgIpc) is 2.02. The van der Waals surface area contributed by atoms with Crippen LogP contribution in [-0.4, -0.2) is 11.0 Å². The van der Waals surface area contributed by atoms with Gasteiger partial charge in [0.1, 0.15) is 17.5 Å². The molecule has 1 atom stereocenters. The zero-order chi connectivity index (χ0) is 10.0. The Labute approximate surface area is 77.8 Å². The monoisotopic (exact) mass is 210 g/mol. The van der Waals surface area contributed by atoms with Gasteiger partial charge in [-0.2, -0.15) is 0 Å². The normalized spacial score (nSPS) is 13.0. The molecular formula is C8H6ClF3O. The van der Waals surface area contributed by atoms with Crippen LogP contribution in [0, 0.1) is 17.5 Å². The van der Waals surface area contributed by atoms with Crippen LogP contribution < -0.4 is 0 Å². The third-order valence-electron chi connectivity index (χ3n) is 1.52. The summed E-state index contributed by atoms with van der Waals surface area (Å²) in [7, 11) is 0. The van der Waals surface area contributed by atoms with E-state index in [0.717, 1.165) is 0 Å². The average molecular weight is 211 g/mol. The highest BCUT2D eigenvalue weighted by molar-refractivity contribution is 6.18. The highest BCUT2D eigenvalue weighted by atomic mass is 35.5. The lowest BCUT2D eigenvalue weighted by atomic mass is 10.1. The van der Waals surface area contributed by atoms with Gasteiger partial charge in [-0.15, -0.1) is 11.6 Å². The molecule has 13 heavy (non-hydrogen) atoms. The molecule has 0 aliphatic rings. The first kappa shape index (κ1) is 10.3. The maximum Gasteiger partial charge on any atom is 0.134 e. The van der Waals surface area contributed by atoms with Crippen LogP contribution in [-0.2, 0) is 0 Å². The molecule has 0 saturated carbocycles. The minimum absolute atomic E-state index is 0.348. The van der Waals surface area contributed by atoms with Crippen LogP contribution in [0.3, 0.4) is 0 Å². The van der Waals surface area contributed by atoms with E-state index >= 15 is 0 Å². The molecule has 0 heterocycles. The molecule has 1 aromatic carbocycles. The predicted octanol–water partition coefficient (Wildman–Crippen LogP) is 2.38. The Hall–Kier alpha value is -0.740. The minimum atomic E-state index is -1.46. The molecule has 0 fully saturated rings. The minimum Gasteiger partial charge on any atom is -0.387 e. The lowest BCUT2D eigenvalue weighted by molar-refractivity contribution is 0.191. The van der Waals surface area contributed by atoms with E-state index in [1.807, 2.05) is 0 Å². The van der Waals surface area contributed by atoms with Crippen LogP contribution in [0.2, 0.25) is 0 Å². The van der Waals surface area contributed by atoms with Crippen molar-refractivity contribution < 1.29 is 18.3 Å². The van der Waals surface area contributed by atoms with Gasteiger partial charge in [0.15, 0.2) is 0 Å². The number of alkyl halides is 1. The molecule has 0 radical (unpaired) electrons. The summed E-state index contributed by atoms with van der Waals surface area (Å²) in [6.07, 6.45) is -1.46. The summed E-state index contributed by atoms with van der Waals surface area (Å²) in [5.41, 5.74) is -0.601. The van der Waals surface area contributed by atoms with Gasteiger partial charge in [-0.3, -0.25) is 0 Å². The number of benzene rings is 1. The van der Waals surface area contributed by atoms with Gasteiger partial charge in [0.2, 0.25) is 0 Å². The Morgan fingerprint density at radius 3 is 2.08 bits per heavy atom. The van der Waals surface area contributed by atoms with Crippen molar-refractivity contribution in [1.82, 2.24) is 0 Å². The first-order valence-electron chi connectivity index (χ1n) is 3.44. The van der Waals surface area contributed by atoms with Crippen molar-refractivity contribution >= 4 is 11.6 Å². The molecule has 1 rings (SSSR count). The van der Waals surface area contributed by atoms with Crippen molar-refractivity contribution in [3.05, 3.63) is 35.1 Å². The number of hydrogen-bond acceptors (Lipinski definition) is 1. The number of aliphatic hydroxyl groups is 1. The van der Waals surface area contributed by atoms with Crippen LogP contribution >= 0.6 is 11.6 Å². The lowest BCUT2D eigenvalue weighted by Gasteiger charge is -2.09. The van der Waals surface area contributed by atoms with Gasteiger partial charge in [0.25, 0.3) is 0 Å². The zero-order valence-corrected chi connectivity index (χ0v) is 7.15. The van der Waals surface area contributed by atoms with E-state index in [4.69, 9.17) is 16.7 Å². The standard InChI is InChI=1S/C8H6ClF3O/c9-3-7(13)8-5(11)1-4(10)2-6(8)12/h1-2,7,13H,3H2. The van der Waals surface area contributed by atoms with Crippen LogP contribution in [0.4, 0.5) is 13.2 Å². The SMILES string of the molecule is OC(CCl)c1c(F)cc(F)cc1F. The molecule has 1 nitrogen and oxygen atoms in total. The summed E-state index contributed by atoms with van der Waals surface area (Å²) < 4.78 is 38.1. The maximum absolute atomic E-state index is 12.9. The molecule has 72 valence electrons. The van der Waals surface area contributed by atoms with Crippen LogP contribution in [0.25, 0.3) is 0 Å². The van der Waals surface area contributed by atoms with E-state index in [-0.39, 0.29) is 5.88 Å². The first-order valence-corrected chi connectivity index (χ1v) is 3.98. The van der Waals surface area contributed by atoms with Crippen molar-refractivity contribution in [3.8, 4) is 0 Å². The summed E-state index contributed by atoms with van der Waals surface area (Å²) in [6.45, 7) is 0. The summed E-state index contributed by atoms with van der Waals surface area (Å²) in [6, 6.07) is 0.988. The Bertz CT molecular complexity index is 293. The summed E-state index contributed by atoms with van der Waals surface area (Å²) in [4.78, 5) is 0. The second-order valence-corrected chi connectivity index (χ2v) is 2.76. The van der Waals surface area contributed by atoms with Gasteiger partial charge in [-0.1, -0.05) is 0 Å². The van der Waals surface area contributed by atoms with Gasteiger partial charge in [0.05, 0.1) is 17.5 Å². The molecule has 0 saturated heterocycles. The van der Waals surface area contributed by atoms with E-state index < -0.39 is 29.1 Å². The van der Waals surface area contributed by atoms with Gasteiger partial charge in [-0.05, 0) is 0 Å². The molecule has 0 amide bonds. The van der Waals surface area contributed by atoms with Gasteiger partial charge in [0, 0.05) is 12.1 Å². The Morgan fingerprint density at radius 2 is 1.69 bits per heavy atom. The molecular weight excluding hydrogens is 205 g/mol. The fourth-order valence-corrected chi connectivity index (χ4v) is 1.10. The Kier molecular flexibility index (Phi) is 3.17. The van der Waals surface area contributed by atoms with Crippen LogP contribution in [0.1, 0.15) is 11.7 Å². The fraction of sp³-hybridized carbons (Fsp3) is 0.250. The van der Waals surface area contributed by atoms with E-state index in [1.165, 1.54) is 0 Å². The molecule has 0 aliphatic heterocycles. The molecule has 1 unspecified atom stereocenters. The van der Waals surface area contributed by atoms with E-state index in [9.17, 15) is 13.2 Å². The highest BCUT2D eigenvalue weighted by Gasteiger charge is 2.18. The van der Waals surface area contributed by atoms with E-state index in [0.29, 0.717) is 12.1 Å². The largest absolute Gasteiger partial charge is 0.387 e. The van der Waals surface area contributed by atoms with Crippen LogP contribution in [0.15, 0.2) is 12.1 Å². The molecule has 0 bridgehead atoms. The predicted molar refractivity (Wildman–Crippen MR) is 42.0 cm³/mol. The van der Waals surface area contributed by atoms with Gasteiger partial charge < -0.3 is 5.11 Å². The fourth-order valence-electron chi connectivity index (χ4n) is 0.949. The van der Waals surface area contributed by atoms with Crippen molar-refractivity contribution in [2.75, 3.05) is 5.88 Å². The molecule has 1 N–H and O–H groups in total. The number of aliphatic hydroxyl groups excluding tert-OH is 1. The van der Waals surface area contributed by atoms with Crippen molar-refractivity contribution in [1.29, 1.82) is 0 Å². The third kappa shape index (κ3) is 2.14. The number of hydrogen-bond donors (Lipinski definition) is 1. The molecule has 0 spiro atoms. The topological polar surface area (TPSA) is 20.2 Å². The lowest BCUT2D eigenvalue weighted by Crippen LogP contribution is -2.06. The number of rotatable bonds is 2. The molecule has 0 aromatic heterocycles.